The van der Waals surface area contributed by atoms with E-state index in [0.29, 0.717) is 5.56 Å². The third-order valence-corrected chi connectivity index (χ3v) is 6.07. The molecule has 0 spiro atoms. The Morgan fingerprint density at radius 1 is 0.914 bits per heavy atom. The number of benzene rings is 2. The van der Waals surface area contributed by atoms with Crippen LogP contribution in [-0.2, 0) is 0 Å². The van der Waals surface area contributed by atoms with Crippen molar-refractivity contribution in [2.24, 2.45) is 5.10 Å². The minimum absolute atomic E-state index is 0.0764. The molecule has 2 aromatic carbocycles. The maximum atomic E-state index is 13.6. The highest BCUT2D eigenvalue weighted by atomic mass is 35.5. The van der Waals surface area contributed by atoms with Crippen LogP contribution in [0.4, 0.5) is 32.0 Å². The lowest BCUT2D eigenvalue weighted by atomic mass is 9.89. The highest BCUT2D eigenvalue weighted by Crippen LogP contribution is 2.49. The Kier molecular flexibility index (Phi) is 6.31. The summed E-state index contributed by atoms with van der Waals surface area (Å²) in [6.45, 7) is 1.87. The summed E-state index contributed by atoms with van der Waals surface area (Å²) in [6.07, 6.45) is -9.58. The molecule has 2 heterocycles. The topological polar surface area (TPSA) is 48.7 Å². The Morgan fingerprint density at radius 2 is 1.54 bits per heavy atom. The Hall–Kier alpha value is -3.11. The summed E-state index contributed by atoms with van der Waals surface area (Å²) in [7, 11) is 0. The monoisotopic (exact) mass is 513 g/mol. The lowest BCUT2D eigenvalue weighted by Crippen LogP contribution is -2.62. The number of aliphatic hydroxyl groups is 1. The number of para-hydroxylation sites is 1. The molecule has 0 amide bonds. The van der Waals surface area contributed by atoms with Crippen molar-refractivity contribution < 1.29 is 31.4 Å². The van der Waals surface area contributed by atoms with Gasteiger partial charge < -0.3 is 5.11 Å². The zero-order valence-electron chi connectivity index (χ0n) is 18.1. The standard InChI is InChI=1S/C24H18ClF6N3O/c1-14-10-17(13-32-12-14)15-6-8-16(9-7-15)20-11-21(22(35,23(26,27)28)24(29,30)31)33-34(20)19-5-3-2-4-18(19)25/h2-10,12-13,20,35H,11H2,1H3. The van der Waals surface area contributed by atoms with Gasteiger partial charge in [0.2, 0.25) is 0 Å². The summed E-state index contributed by atoms with van der Waals surface area (Å²) >= 11 is 6.19. The van der Waals surface area contributed by atoms with Gasteiger partial charge in [-0.05, 0) is 41.8 Å². The summed E-state index contributed by atoms with van der Waals surface area (Å²) in [5.41, 5.74) is -3.60. The fourth-order valence-electron chi connectivity index (χ4n) is 3.95. The number of nitrogens with zero attached hydrogens (tertiary/aromatic N) is 3. The van der Waals surface area contributed by atoms with Crippen LogP contribution in [0.3, 0.4) is 0 Å². The third-order valence-electron chi connectivity index (χ3n) is 5.75. The molecule has 184 valence electrons. The Bertz CT molecular complexity index is 1240. The van der Waals surface area contributed by atoms with E-state index in [4.69, 9.17) is 11.6 Å². The average molecular weight is 514 g/mol. The molecule has 11 heteroatoms. The molecular formula is C24H18ClF6N3O. The number of hydrazone groups is 1. The van der Waals surface area contributed by atoms with E-state index in [1.54, 1.807) is 42.7 Å². The average Bonchev–Trinajstić information content (AvgIpc) is 3.23. The number of aromatic nitrogens is 1. The van der Waals surface area contributed by atoms with E-state index in [1.807, 2.05) is 13.0 Å². The number of halogens is 7. The van der Waals surface area contributed by atoms with E-state index in [2.05, 4.69) is 10.1 Å². The number of alkyl halides is 6. The molecule has 1 aliphatic heterocycles. The first kappa shape index (κ1) is 25.0. The van der Waals surface area contributed by atoms with Crippen LogP contribution >= 0.6 is 11.6 Å². The van der Waals surface area contributed by atoms with Crippen molar-refractivity contribution in [3.8, 4) is 11.1 Å². The van der Waals surface area contributed by atoms with Gasteiger partial charge in [-0.3, -0.25) is 9.99 Å². The normalized spacial score (nSPS) is 17.0. The van der Waals surface area contributed by atoms with Crippen LogP contribution in [0.1, 0.15) is 23.6 Å². The van der Waals surface area contributed by atoms with Crippen molar-refractivity contribution in [1.29, 1.82) is 0 Å². The van der Waals surface area contributed by atoms with Crippen LogP contribution in [0.5, 0.6) is 0 Å². The van der Waals surface area contributed by atoms with E-state index in [1.165, 1.54) is 18.2 Å². The van der Waals surface area contributed by atoms with Crippen molar-refractivity contribution in [1.82, 2.24) is 4.98 Å². The molecule has 1 atom stereocenters. The number of hydrogen-bond donors (Lipinski definition) is 1. The predicted octanol–water partition coefficient (Wildman–Crippen LogP) is 6.87. The second-order valence-electron chi connectivity index (χ2n) is 8.14. The summed E-state index contributed by atoms with van der Waals surface area (Å²) in [6, 6.07) is 13.3. The van der Waals surface area contributed by atoms with E-state index < -0.39 is 36.1 Å². The Balaban J connectivity index is 1.79. The highest BCUT2D eigenvalue weighted by Gasteiger charge is 2.74. The van der Waals surface area contributed by atoms with Crippen LogP contribution in [0.2, 0.25) is 5.02 Å². The van der Waals surface area contributed by atoms with Crippen LogP contribution in [0.25, 0.3) is 11.1 Å². The number of aryl methyl sites for hydroxylation is 1. The van der Waals surface area contributed by atoms with Crippen LogP contribution in [0.15, 0.2) is 72.1 Å². The first-order valence-corrected chi connectivity index (χ1v) is 10.7. The third kappa shape index (κ3) is 4.48. The molecule has 35 heavy (non-hydrogen) atoms. The molecule has 0 fully saturated rings. The molecular weight excluding hydrogens is 496 g/mol. The lowest BCUT2D eigenvalue weighted by Gasteiger charge is -2.32. The zero-order valence-corrected chi connectivity index (χ0v) is 18.8. The minimum Gasteiger partial charge on any atom is -0.369 e. The molecule has 0 bridgehead atoms. The highest BCUT2D eigenvalue weighted by molar-refractivity contribution is 6.33. The molecule has 0 radical (unpaired) electrons. The van der Waals surface area contributed by atoms with Crippen molar-refractivity contribution in [3.05, 3.63) is 83.1 Å². The van der Waals surface area contributed by atoms with Gasteiger partial charge in [0.05, 0.1) is 22.5 Å². The summed E-state index contributed by atoms with van der Waals surface area (Å²) in [5.74, 6) is 0. The van der Waals surface area contributed by atoms with Gasteiger partial charge in [0.25, 0.3) is 5.60 Å². The van der Waals surface area contributed by atoms with Gasteiger partial charge in [0, 0.05) is 24.4 Å². The van der Waals surface area contributed by atoms with Gasteiger partial charge in [-0.2, -0.15) is 31.4 Å². The minimum atomic E-state index is -6.03. The van der Waals surface area contributed by atoms with Crippen LogP contribution < -0.4 is 5.01 Å². The summed E-state index contributed by atoms with van der Waals surface area (Å²) in [4.78, 5) is 4.12. The first-order chi connectivity index (χ1) is 16.3. The molecule has 1 aromatic heterocycles. The Labute approximate surface area is 201 Å². The maximum Gasteiger partial charge on any atom is 0.431 e. The summed E-state index contributed by atoms with van der Waals surface area (Å²) in [5, 5.41) is 14.7. The van der Waals surface area contributed by atoms with Gasteiger partial charge in [0.15, 0.2) is 0 Å². The molecule has 0 saturated heterocycles. The SMILES string of the molecule is Cc1cncc(-c2ccc(C3CC(C(O)(C(F)(F)F)C(F)(F)F)=NN3c3ccccc3Cl)cc2)c1. The molecule has 1 unspecified atom stereocenters. The van der Waals surface area contributed by atoms with E-state index in [9.17, 15) is 31.4 Å². The number of anilines is 1. The number of pyridine rings is 1. The molecule has 0 saturated carbocycles. The molecule has 4 rings (SSSR count). The second-order valence-corrected chi connectivity index (χ2v) is 8.55. The Morgan fingerprint density at radius 3 is 2.11 bits per heavy atom. The van der Waals surface area contributed by atoms with Gasteiger partial charge >= 0.3 is 12.4 Å². The van der Waals surface area contributed by atoms with Crippen molar-refractivity contribution >= 4 is 23.0 Å². The summed E-state index contributed by atoms with van der Waals surface area (Å²) < 4.78 is 81.4. The molecule has 3 aromatic rings. The predicted molar refractivity (Wildman–Crippen MR) is 120 cm³/mol. The fraction of sp³-hybridized carbons (Fsp3) is 0.250. The fourth-order valence-corrected chi connectivity index (χ4v) is 4.17. The van der Waals surface area contributed by atoms with E-state index in [-0.39, 0.29) is 10.7 Å². The van der Waals surface area contributed by atoms with Crippen LogP contribution in [-0.4, -0.2) is 33.8 Å². The maximum absolute atomic E-state index is 13.6. The van der Waals surface area contributed by atoms with E-state index in [0.717, 1.165) is 21.7 Å². The van der Waals surface area contributed by atoms with Crippen LogP contribution in [0, 0.1) is 6.92 Å². The molecule has 1 N–H and O–H groups in total. The largest absolute Gasteiger partial charge is 0.431 e. The molecule has 1 aliphatic rings. The second kappa shape index (κ2) is 8.83. The smallest absolute Gasteiger partial charge is 0.369 e. The van der Waals surface area contributed by atoms with Gasteiger partial charge in [-0.25, -0.2) is 0 Å². The first-order valence-electron chi connectivity index (χ1n) is 10.3. The van der Waals surface area contributed by atoms with Gasteiger partial charge in [-0.1, -0.05) is 48.0 Å². The van der Waals surface area contributed by atoms with Crippen molar-refractivity contribution in [3.63, 3.8) is 0 Å². The van der Waals surface area contributed by atoms with E-state index >= 15 is 0 Å². The van der Waals surface area contributed by atoms with Crippen molar-refractivity contribution in [2.75, 3.05) is 5.01 Å². The zero-order chi connectivity index (χ0) is 25.6. The van der Waals surface area contributed by atoms with Gasteiger partial charge in [-0.15, -0.1) is 0 Å². The molecule has 0 aliphatic carbocycles. The lowest BCUT2D eigenvalue weighted by molar-refractivity contribution is -0.338. The quantitative estimate of drug-likeness (QED) is 0.387. The number of hydrogen-bond acceptors (Lipinski definition) is 4. The molecule has 4 nitrogen and oxygen atoms in total. The van der Waals surface area contributed by atoms with Gasteiger partial charge in [0.1, 0.15) is 0 Å². The number of rotatable bonds is 4. The van der Waals surface area contributed by atoms with Crippen molar-refractivity contribution in [2.45, 2.75) is 37.3 Å².